The lowest BCUT2D eigenvalue weighted by Gasteiger charge is -2.36. The molecule has 4 heterocycles. The molecule has 4 aromatic rings. The first-order chi connectivity index (χ1) is 19.8. The Bertz CT molecular complexity index is 1720. The summed E-state index contributed by atoms with van der Waals surface area (Å²) in [7, 11) is 2.01. The number of hydrogen-bond acceptors (Lipinski definition) is 7. The molecule has 7 rings (SSSR count). The van der Waals surface area contributed by atoms with Gasteiger partial charge in [0.05, 0.1) is 27.7 Å². The van der Waals surface area contributed by atoms with Crippen LogP contribution in [-0.2, 0) is 0 Å². The van der Waals surface area contributed by atoms with Gasteiger partial charge in [-0.1, -0.05) is 12.0 Å². The van der Waals surface area contributed by atoms with E-state index in [1.54, 1.807) is 30.5 Å². The molecule has 7 nitrogen and oxygen atoms in total. The van der Waals surface area contributed by atoms with Gasteiger partial charge >= 0.3 is 6.01 Å². The number of terminal acetylenes is 1. The van der Waals surface area contributed by atoms with E-state index in [2.05, 4.69) is 20.7 Å². The van der Waals surface area contributed by atoms with E-state index in [4.69, 9.17) is 21.1 Å². The first-order valence-electron chi connectivity index (χ1n) is 14.2. The molecule has 2 aliphatic heterocycles. The maximum absolute atomic E-state index is 14.8. The first kappa shape index (κ1) is 25.9. The van der Waals surface area contributed by atoms with Crippen molar-refractivity contribution in [2.45, 2.75) is 56.3 Å². The van der Waals surface area contributed by atoms with Crippen molar-refractivity contribution < 1.29 is 18.6 Å². The fraction of sp³-hybridized carbons (Fsp3) is 0.406. The summed E-state index contributed by atoms with van der Waals surface area (Å²) in [6.45, 7) is 1.66. The summed E-state index contributed by atoms with van der Waals surface area (Å²) in [6, 6.07) is 8.38. The van der Waals surface area contributed by atoms with Crippen LogP contribution in [0.1, 0.15) is 44.1 Å². The van der Waals surface area contributed by atoms with Crippen LogP contribution in [0.15, 0.2) is 36.5 Å². The number of phenolic OH excluding ortho intramolecular Hbond substituents is 1. The molecular weight excluding hydrogens is 524 g/mol. The Labute approximate surface area is 237 Å². The maximum atomic E-state index is 14.8. The summed E-state index contributed by atoms with van der Waals surface area (Å²) >= 11 is 0. The number of pyridine rings is 1. The molecule has 3 aliphatic rings. The third-order valence-corrected chi connectivity index (χ3v) is 9.20. The molecule has 1 N–H and O–H groups in total. The van der Waals surface area contributed by atoms with Crippen molar-refractivity contribution in [3.05, 3.63) is 47.9 Å². The molecule has 41 heavy (non-hydrogen) atoms. The van der Waals surface area contributed by atoms with Gasteiger partial charge in [-0.15, -0.1) is 6.42 Å². The highest BCUT2D eigenvalue weighted by Gasteiger charge is 2.49. The molecular formula is C32H31F2N5O2. The second kappa shape index (κ2) is 9.81. The van der Waals surface area contributed by atoms with Crippen LogP contribution in [0, 0.1) is 18.2 Å². The van der Waals surface area contributed by atoms with Gasteiger partial charge in [-0.3, -0.25) is 4.90 Å². The van der Waals surface area contributed by atoms with Gasteiger partial charge in [-0.2, -0.15) is 4.98 Å². The molecule has 2 aromatic carbocycles. The number of aromatic hydroxyl groups is 1. The number of phenols is 1. The van der Waals surface area contributed by atoms with Crippen LogP contribution in [0.2, 0.25) is 0 Å². The first-order valence-corrected chi connectivity index (χ1v) is 14.2. The smallest absolute Gasteiger partial charge is 0.316 e. The maximum Gasteiger partial charge on any atom is 0.316 e. The van der Waals surface area contributed by atoms with E-state index >= 15 is 0 Å². The second-order valence-electron chi connectivity index (χ2n) is 11.6. The van der Waals surface area contributed by atoms with Crippen LogP contribution >= 0.6 is 0 Å². The van der Waals surface area contributed by atoms with Crippen LogP contribution in [0.25, 0.3) is 32.9 Å². The lowest BCUT2D eigenvalue weighted by atomic mass is 9.91. The quantitative estimate of drug-likeness (QED) is 0.310. The van der Waals surface area contributed by atoms with E-state index in [9.17, 15) is 13.9 Å². The minimum absolute atomic E-state index is 0.0210. The Morgan fingerprint density at radius 2 is 2.07 bits per heavy atom. The second-order valence-corrected chi connectivity index (χ2v) is 11.6. The molecule has 0 unspecified atom stereocenters. The highest BCUT2D eigenvalue weighted by Crippen LogP contribution is 2.41. The molecule has 0 radical (unpaired) electrons. The lowest BCUT2D eigenvalue weighted by molar-refractivity contribution is 0.107. The zero-order valence-corrected chi connectivity index (χ0v) is 22.9. The van der Waals surface area contributed by atoms with Crippen LogP contribution in [0.5, 0.6) is 11.8 Å². The van der Waals surface area contributed by atoms with Gasteiger partial charge in [-0.05, 0) is 68.3 Å². The van der Waals surface area contributed by atoms with Crippen molar-refractivity contribution >= 4 is 27.5 Å². The zero-order valence-electron chi connectivity index (χ0n) is 22.9. The molecule has 0 amide bonds. The number of alkyl halides is 1. The summed E-state index contributed by atoms with van der Waals surface area (Å²) in [5, 5.41) is 12.5. The van der Waals surface area contributed by atoms with Crippen molar-refractivity contribution in [3.8, 4) is 35.4 Å². The summed E-state index contributed by atoms with van der Waals surface area (Å²) in [5.74, 6) is 2.68. The molecule has 2 saturated heterocycles. The largest absolute Gasteiger partial charge is 0.508 e. The Morgan fingerprint density at radius 3 is 2.85 bits per heavy atom. The van der Waals surface area contributed by atoms with Crippen molar-refractivity contribution in [3.63, 3.8) is 0 Å². The minimum Gasteiger partial charge on any atom is -0.508 e. The molecule has 1 saturated carbocycles. The van der Waals surface area contributed by atoms with Crippen molar-refractivity contribution in [2.24, 2.45) is 0 Å². The fourth-order valence-corrected chi connectivity index (χ4v) is 6.84. The normalized spacial score (nSPS) is 22.5. The number of fused-ring (bicyclic) bond motifs is 3. The topological polar surface area (TPSA) is 74.6 Å². The van der Waals surface area contributed by atoms with E-state index in [1.807, 2.05) is 7.05 Å². The zero-order chi connectivity index (χ0) is 28.3. The van der Waals surface area contributed by atoms with E-state index in [0.29, 0.717) is 59.0 Å². The van der Waals surface area contributed by atoms with Crippen molar-refractivity contribution in [1.29, 1.82) is 0 Å². The summed E-state index contributed by atoms with van der Waals surface area (Å²) in [5.41, 5.74) is 1.42. The van der Waals surface area contributed by atoms with Gasteiger partial charge in [0.15, 0.2) is 0 Å². The number of ether oxygens (including phenoxy) is 1. The predicted molar refractivity (Wildman–Crippen MR) is 154 cm³/mol. The number of anilines is 1. The van der Waals surface area contributed by atoms with Crippen LogP contribution in [0.3, 0.4) is 0 Å². The summed E-state index contributed by atoms with van der Waals surface area (Å²) in [6.07, 6.45) is 12.3. The molecule has 210 valence electrons. The fourth-order valence-electron chi connectivity index (χ4n) is 6.84. The molecule has 1 aliphatic carbocycles. The average molecular weight is 556 g/mol. The Balaban J connectivity index is 1.35. The van der Waals surface area contributed by atoms with Crippen LogP contribution in [0.4, 0.5) is 14.6 Å². The summed E-state index contributed by atoms with van der Waals surface area (Å²) < 4.78 is 35.2. The molecule has 2 atom stereocenters. The lowest BCUT2D eigenvalue weighted by Crippen LogP contribution is -2.43. The van der Waals surface area contributed by atoms with Gasteiger partial charge in [0.1, 0.15) is 30.2 Å². The average Bonchev–Trinajstić information content (AvgIpc) is 3.45. The van der Waals surface area contributed by atoms with Gasteiger partial charge < -0.3 is 14.7 Å². The molecule has 9 heteroatoms. The Hall–Kier alpha value is -4.03. The monoisotopic (exact) mass is 555 g/mol. The van der Waals surface area contributed by atoms with E-state index in [0.717, 1.165) is 44.0 Å². The SMILES string of the molecule is C#Cc1c(F)ccc2cc(O)cc(-c3cc4nc(OC[C@@]56CCCN5C[C@H](F)C6)ncc4c(N(C)C4CCC4)n3)c12. The van der Waals surface area contributed by atoms with E-state index in [1.165, 1.54) is 6.07 Å². The predicted octanol–water partition coefficient (Wildman–Crippen LogP) is 5.61. The van der Waals surface area contributed by atoms with Gasteiger partial charge in [0.25, 0.3) is 0 Å². The molecule has 2 aromatic heterocycles. The van der Waals surface area contributed by atoms with Crippen LogP contribution in [-0.4, -0.2) is 69.5 Å². The Kier molecular flexibility index (Phi) is 6.20. The van der Waals surface area contributed by atoms with Crippen molar-refractivity contribution in [1.82, 2.24) is 19.9 Å². The summed E-state index contributed by atoms with van der Waals surface area (Å²) in [4.78, 5) is 18.6. The third-order valence-electron chi connectivity index (χ3n) is 9.20. The molecule has 0 spiro atoms. The molecule has 3 fully saturated rings. The number of aromatic nitrogens is 3. The molecule has 0 bridgehead atoms. The minimum atomic E-state index is -0.843. The van der Waals surface area contributed by atoms with Gasteiger partial charge in [-0.25, -0.2) is 18.7 Å². The Morgan fingerprint density at radius 1 is 1.22 bits per heavy atom. The van der Waals surface area contributed by atoms with E-state index < -0.39 is 12.0 Å². The number of nitrogens with zero attached hydrogens (tertiary/aromatic N) is 5. The van der Waals surface area contributed by atoms with Crippen LogP contribution < -0.4 is 9.64 Å². The van der Waals surface area contributed by atoms with Crippen molar-refractivity contribution in [2.75, 3.05) is 31.6 Å². The standard InChI is InChI=1S/C32H31F2N5O2/c1-3-23-26(34)9-8-19-12-22(40)13-24(29(19)23)27-14-28-25(30(36-27)38(2)21-6-4-7-21)16-35-31(37-28)41-18-32-10-5-11-39(32)17-20(33)15-32/h1,8-9,12-14,16,20-21,40H,4-7,10-11,15,17-18H2,2H3/t20-,32+/m1/s1. The highest BCUT2D eigenvalue weighted by molar-refractivity contribution is 6.03. The van der Waals surface area contributed by atoms with Gasteiger partial charge in [0.2, 0.25) is 0 Å². The number of benzene rings is 2. The number of halogens is 2. The number of rotatable bonds is 6. The third kappa shape index (κ3) is 4.32. The highest BCUT2D eigenvalue weighted by atomic mass is 19.1. The van der Waals surface area contributed by atoms with Gasteiger partial charge in [0, 0.05) is 43.2 Å². The van der Waals surface area contributed by atoms with E-state index in [-0.39, 0.29) is 22.9 Å². The number of hydrogen-bond donors (Lipinski definition) is 1.